The van der Waals surface area contributed by atoms with E-state index in [1.165, 1.54) is 22.2 Å². The van der Waals surface area contributed by atoms with Crippen molar-refractivity contribution in [2.75, 3.05) is 7.05 Å². The van der Waals surface area contributed by atoms with Crippen molar-refractivity contribution >= 4 is 16.6 Å². The smallest absolute Gasteiger partial charge is 0.128 e. The topological polar surface area (TPSA) is 15.6 Å². The molecule has 0 spiro atoms. The Balaban J connectivity index is 1.94. The molecule has 0 amide bonds. The summed E-state index contributed by atoms with van der Waals surface area (Å²) in [5, 5.41) is 2.65. The van der Waals surface area contributed by atoms with Gasteiger partial charge in [-0.2, -0.15) is 0 Å². The molecule has 0 saturated carbocycles. The molecular weight excluding hydrogens is 244 g/mol. The van der Waals surface area contributed by atoms with Gasteiger partial charge < -0.3 is 4.90 Å². The molecule has 2 nitrogen and oxygen atoms in total. The molecule has 0 bridgehead atoms. The van der Waals surface area contributed by atoms with Crippen molar-refractivity contribution in [1.82, 2.24) is 4.90 Å². The summed E-state index contributed by atoms with van der Waals surface area (Å²) in [6.07, 6.45) is 1.08. The first-order valence-electron chi connectivity index (χ1n) is 7.37. The van der Waals surface area contributed by atoms with Crippen LogP contribution in [0.15, 0.2) is 47.5 Å². The predicted molar refractivity (Wildman–Crippen MR) is 86.3 cm³/mol. The lowest BCUT2D eigenvalue weighted by molar-refractivity contribution is 0.401. The minimum absolute atomic E-state index is 0.0770. The van der Waals surface area contributed by atoms with Crippen molar-refractivity contribution in [3.8, 4) is 0 Å². The Bertz CT molecular complexity index is 669. The summed E-state index contributed by atoms with van der Waals surface area (Å²) in [6, 6.07) is 15.5. The van der Waals surface area contributed by atoms with Crippen molar-refractivity contribution in [3.63, 3.8) is 0 Å². The van der Waals surface area contributed by atoms with E-state index in [4.69, 9.17) is 0 Å². The molecule has 0 N–H and O–H groups in total. The van der Waals surface area contributed by atoms with Crippen LogP contribution in [0.3, 0.4) is 0 Å². The summed E-state index contributed by atoms with van der Waals surface area (Å²) in [5.41, 5.74) is 1.45. The lowest BCUT2D eigenvalue weighted by atomic mass is 9.98. The summed E-state index contributed by atoms with van der Waals surface area (Å²) in [7, 11) is 2.16. The Kier molecular flexibility index (Phi) is 3.04. The van der Waals surface area contributed by atoms with Crippen LogP contribution < -0.4 is 0 Å². The van der Waals surface area contributed by atoms with E-state index >= 15 is 0 Å². The lowest BCUT2D eigenvalue weighted by Gasteiger charge is -2.26. The molecule has 0 radical (unpaired) electrons. The number of nitrogens with zero attached hydrogens (tertiary/aromatic N) is 2. The summed E-state index contributed by atoms with van der Waals surface area (Å²) < 4.78 is 0. The largest absolute Gasteiger partial charge is 0.355 e. The molecule has 2 heteroatoms. The Labute approximate surface area is 121 Å². The van der Waals surface area contributed by atoms with Crippen LogP contribution >= 0.6 is 0 Å². The number of benzene rings is 2. The lowest BCUT2D eigenvalue weighted by Crippen LogP contribution is -2.31. The van der Waals surface area contributed by atoms with E-state index in [1.807, 2.05) is 0 Å². The van der Waals surface area contributed by atoms with Gasteiger partial charge in [0, 0.05) is 7.05 Å². The van der Waals surface area contributed by atoms with Gasteiger partial charge in [0.05, 0.1) is 6.04 Å². The van der Waals surface area contributed by atoms with Gasteiger partial charge in [-0.1, -0.05) is 49.4 Å². The Morgan fingerprint density at radius 3 is 2.55 bits per heavy atom. The van der Waals surface area contributed by atoms with Crippen molar-refractivity contribution in [3.05, 3.63) is 48.0 Å². The fourth-order valence-electron chi connectivity index (χ4n) is 2.91. The molecule has 3 rings (SSSR count). The molecule has 1 heterocycles. The number of amidine groups is 1. The van der Waals surface area contributed by atoms with Crippen LogP contribution in [0, 0.1) is 0 Å². The summed E-state index contributed by atoms with van der Waals surface area (Å²) in [5.74, 6) is 1.24. The van der Waals surface area contributed by atoms with Crippen LogP contribution in [0.4, 0.5) is 0 Å². The zero-order chi connectivity index (χ0) is 14.3. The van der Waals surface area contributed by atoms with Crippen LogP contribution in [-0.2, 0) is 0 Å². The highest BCUT2D eigenvalue weighted by Gasteiger charge is 2.44. The van der Waals surface area contributed by atoms with E-state index in [1.54, 1.807) is 0 Å². The van der Waals surface area contributed by atoms with Gasteiger partial charge in [-0.15, -0.1) is 0 Å². The highest BCUT2D eigenvalue weighted by atomic mass is 15.3. The third kappa shape index (κ3) is 2.00. The Morgan fingerprint density at radius 1 is 1.15 bits per heavy atom. The van der Waals surface area contributed by atoms with Crippen LogP contribution in [0.2, 0.25) is 0 Å². The fraction of sp³-hybridized carbons (Fsp3) is 0.389. The number of aliphatic imine (C=N–C) groups is 1. The van der Waals surface area contributed by atoms with Gasteiger partial charge in [0.2, 0.25) is 0 Å². The molecule has 0 fully saturated rings. The van der Waals surface area contributed by atoms with Gasteiger partial charge in [-0.3, -0.25) is 4.99 Å². The standard InChI is InChI=1S/C18H22N2/c1-5-18(3)17(19-18)20(4)13(2)15-12-8-10-14-9-6-7-11-16(14)15/h6-13H,5H2,1-4H3/t13-,18?/m1/s1. The monoisotopic (exact) mass is 266 g/mol. The number of hydrogen-bond donors (Lipinski definition) is 0. The van der Waals surface area contributed by atoms with E-state index < -0.39 is 0 Å². The van der Waals surface area contributed by atoms with Gasteiger partial charge >= 0.3 is 0 Å². The van der Waals surface area contributed by atoms with Crippen molar-refractivity contribution < 1.29 is 0 Å². The molecule has 1 aliphatic heterocycles. The minimum atomic E-state index is 0.0770. The van der Waals surface area contributed by atoms with Crippen molar-refractivity contribution in [2.45, 2.75) is 38.8 Å². The molecule has 0 aliphatic carbocycles. The van der Waals surface area contributed by atoms with Gasteiger partial charge in [-0.25, -0.2) is 0 Å². The van der Waals surface area contributed by atoms with Crippen LogP contribution in [0.5, 0.6) is 0 Å². The second kappa shape index (κ2) is 4.62. The zero-order valence-electron chi connectivity index (χ0n) is 12.7. The molecule has 104 valence electrons. The molecule has 0 saturated heterocycles. The Hall–Kier alpha value is -1.83. The van der Waals surface area contributed by atoms with Crippen molar-refractivity contribution in [2.24, 2.45) is 4.99 Å². The quantitative estimate of drug-likeness (QED) is 0.803. The Morgan fingerprint density at radius 2 is 1.85 bits per heavy atom. The second-order valence-corrected chi connectivity index (χ2v) is 5.92. The summed E-state index contributed by atoms with van der Waals surface area (Å²) >= 11 is 0. The predicted octanol–water partition coefficient (Wildman–Crippen LogP) is 4.41. The number of hydrogen-bond acceptors (Lipinski definition) is 2. The first-order chi connectivity index (χ1) is 9.57. The van der Waals surface area contributed by atoms with E-state index in [0.717, 1.165) is 6.42 Å². The maximum absolute atomic E-state index is 4.67. The van der Waals surface area contributed by atoms with Gasteiger partial charge in [0.15, 0.2) is 0 Å². The normalized spacial score (nSPS) is 22.5. The summed E-state index contributed by atoms with van der Waals surface area (Å²) in [4.78, 5) is 7.00. The van der Waals surface area contributed by atoms with Crippen LogP contribution in [-0.4, -0.2) is 23.3 Å². The third-order valence-corrected chi connectivity index (χ3v) is 4.66. The molecule has 1 unspecified atom stereocenters. The molecule has 2 aromatic carbocycles. The number of fused-ring (bicyclic) bond motifs is 1. The average molecular weight is 266 g/mol. The molecule has 20 heavy (non-hydrogen) atoms. The molecule has 1 aliphatic rings. The maximum Gasteiger partial charge on any atom is 0.128 e. The van der Waals surface area contributed by atoms with E-state index in [9.17, 15) is 0 Å². The van der Waals surface area contributed by atoms with E-state index in [-0.39, 0.29) is 5.54 Å². The molecular formula is C18H22N2. The number of likely N-dealkylation sites (N-methyl/N-ethyl adjacent to an activating group) is 1. The van der Waals surface area contributed by atoms with Gasteiger partial charge in [0.1, 0.15) is 11.4 Å². The van der Waals surface area contributed by atoms with Crippen LogP contribution in [0.25, 0.3) is 10.8 Å². The fourth-order valence-corrected chi connectivity index (χ4v) is 2.91. The van der Waals surface area contributed by atoms with E-state index in [0.29, 0.717) is 6.04 Å². The highest BCUT2D eigenvalue weighted by molar-refractivity contribution is 6.03. The second-order valence-electron chi connectivity index (χ2n) is 5.92. The molecule has 2 atom stereocenters. The van der Waals surface area contributed by atoms with Crippen LogP contribution in [0.1, 0.15) is 38.8 Å². The van der Waals surface area contributed by atoms with E-state index in [2.05, 4.69) is 80.2 Å². The SMILES string of the molecule is CCC1(C)N=C1N(C)[C@H](C)c1cccc2ccccc12. The third-order valence-electron chi connectivity index (χ3n) is 4.66. The average Bonchev–Trinajstić information content (AvgIpc) is 3.18. The first-order valence-corrected chi connectivity index (χ1v) is 7.37. The molecule has 2 aromatic rings. The number of rotatable bonds is 3. The van der Waals surface area contributed by atoms with Crippen molar-refractivity contribution in [1.29, 1.82) is 0 Å². The summed E-state index contributed by atoms with van der Waals surface area (Å²) in [6.45, 7) is 6.68. The molecule has 0 aromatic heterocycles. The maximum atomic E-state index is 4.67. The minimum Gasteiger partial charge on any atom is -0.355 e. The zero-order valence-corrected chi connectivity index (χ0v) is 12.7. The van der Waals surface area contributed by atoms with Gasteiger partial charge in [0.25, 0.3) is 0 Å². The first kappa shape index (κ1) is 13.2. The highest BCUT2D eigenvalue weighted by Crippen LogP contribution is 2.37. The van der Waals surface area contributed by atoms with Gasteiger partial charge in [-0.05, 0) is 36.6 Å².